The fourth-order valence-electron chi connectivity index (χ4n) is 1.63. The highest BCUT2D eigenvalue weighted by molar-refractivity contribution is 9.10. The third-order valence-corrected chi connectivity index (χ3v) is 2.76. The molecule has 0 aliphatic carbocycles. The lowest BCUT2D eigenvalue weighted by Gasteiger charge is -2.10. The maximum Gasteiger partial charge on any atom is 0.329 e. The number of hydrogen-bond donors (Lipinski definition) is 2. The summed E-state index contributed by atoms with van der Waals surface area (Å²) in [5.41, 5.74) is -0.0103. The van der Waals surface area contributed by atoms with Gasteiger partial charge in [-0.05, 0) is 22.4 Å². The average Bonchev–Trinajstić information content (AvgIpc) is 2.56. The summed E-state index contributed by atoms with van der Waals surface area (Å²) in [6, 6.07) is -0.945. The minimum absolute atomic E-state index is 0.235. The molecule has 0 aromatic carbocycles. The van der Waals surface area contributed by atoms with Crippen molar-refractivity contribution in [3.63, 3.8) is 0 Å². The van der Waals surface area contributed by atoms with E-state index in [0.29, 0.717) is 4.60 Å². The number of aromatic amines is 1. The Morgan fingerprint density at radius 2 is 2.41 bits per heavy atom. The minimum atomic E-state index is -1.07. The van der Waals surface area contributed by atoms with Crippen molar-refractivity contribution >= 4 is 33.2 Å². The highest BCUT2D eigenvalue weighted by Crippen LogP contribution is 2.16. The molecule has 0 radical (unpaired) electrons. The van der Waals surface area contributed by atoms with Gasteiger partial charge in [0.15, 0.2) is 11.3 Å². The molecule has 1 unspecified atom stereocenters. The Labute approximate surface area is 104 Å². The van der Waals surface area contributed by atoms with Gasteiger partial charge in [-0.1, -0.05) is 6.92 Å². The molecule has 0 spiro atoms. The maximum absolute atomic E-state index is 11.7. The van der Waals surface area contributed by atoms with E-state index in [9.17, 15) is 9.59 Å². The predicted molar refractivity (Wildman–Crippen MR) is 62.8 cm³/mol. The summed E-state index contributed by atoms with van der Waals surface area (Å²) in [6.07, 6.45) is 1.72. The van der Waals surface area contributed by atoms with Crippen LogP contribution in [-0.4, -0.2) is 30.6 Å². The summed E-state index contributed by atoms with van der Waals surface area (Å²) in [6.45, 7) is 1.69. The van der Waals surface area contributed by atoms with Gasteiger partial charge >= 0.3 is 11.7 Å². The standard InChI is InChI=1S/C9H9BrN4O3/c1-2-4(8(15)16)14-7-6(13-9(14)17)11-3-5(10)12-7/h3-4H,2H2,1H3,(H,15,16)(H,11,13,17). The van der Waals surface area contributed by atoms with Gasteiger partial charge in [-0.25, -0.2) is 19.6 Å². The first-order valence-corrected chi connectivity index (χ1v) is 5.69. The molecule has 8 heteroatoms. The maximum atomic E-state index is 11.7. The van der Waals surface area contributed by atoms with Crippen molar-refractivity contribution in [2.45, 2.75) is 19.4 Å². The number of aromatic nitrogens is 4. The molecule has 0 saturated carbocycles. The molecule has 0 amide bonds. The van der Waals surface area contributed by atoms with Gasteiger partial charge in [0.1, 0.15) is 10.6 Å². The molecule has 0 aliphatic heterocycles. The Morgan fingerprint density at radius 1 is 1.71 bits per heavy atom. The molecule has 2 rings (SSSR count). The Balaban J connectivity index is 2.75. The summed E-state index contributed by atoms with van der Waals surface area (Å²) < 4.78 is 1.55. The van der Waals surface area contributed by atoms with Crippen LogP contribution in [0.4, 0.5) is 0 Å². The Bertz CT molecular complexity index is 633. The van der Waals surface area contributed by atoms with Crippen LogP contribution in [0.1, 0.15) is 19.4 Å². The number of carboxylic acid groups (broad SMARTS) is 1. The molecule has 2 aromatic rings. The van der Waals surface area contributed by atoms with Gasteiger partial charge in [0.25, 0.3) is 0 Å². The van der Waals surface area contributed by atoms with E-state index in [-0.39, 0.29) is 17.7 Å². The minimum Gasteiger partial charge on any atom is -0.480 e. The lowest BCUT2D eigenvalue weighted by Crippen LogP contribution is -2.27. The number of halogens is 1. The van der Waals surface area contributed by atoms with Crippen LogP contribution in [0.2, 0.25) is 0 Å². The number of aliphatic carboxylic acids is 1. The van der Waals surface area contributed by atoms with E-state index in [0.717, 1.165) is 4.57 Å². The van der Waals surface area contributed by atoms with Crippen LogP contribution in [0.5, 0.6) is 0 Å². The van der Waals surface area contributed by atoms with Crippen molar-refractivity contribution in [2.75, 3.05) is 0 Å². The quantitative estimate of drug-likeness (QED) is 0.877. The molecule has 7 nitrogen and oxygen atoms in total. The Morgan fingerprint density at radius 3 is 3.00 bits per heavy atom. The van der Waals surface area contributed by atoms with Crippen molar-refractivity contribution in [1.82, 2.24) is 19.5 Å². The van der Waals surface area contributed by atoms with Crippen molar-refractivity contribution in [2.24, 2.45) is 0 Å². The van der Waals surface area contributed by atoms with Gasteiger partial charge in [-0.15, -0.1) is 0 Å². The highest BCUT2D eigenvalue weighted by Gasteiger charge is 2.23. The van der Waals surface area contributed by atoms with Gasteiger partial charge in [-0.2, -0.15) is 0 Å². The summed E-state index contributed by atoms with van der Waals surface area (Å²) in [5, 5.41) is 9.06. The van der Waals surface area contributed by atoms with E-state index in [2.05, 4.69) is 30.9 Å². The zero-order valence-corrected chi connectivity index (χ0v) is 10.4. The zero-order chi connectivity index (χ0) is 12.6. The molecule has 0 bridgehead atoms. The zero-order valence-electron chi connectivity index (χ0n) is 8.85. The van der Waals surface area contributed by atoms with Crippen molar-refractivity contribution in [3.8, 4) is 0 Å². The fraction of sp³-hybridized carbons (Fsp3) is 0.333. The number of nitrogens with zero attached hydrogens (tertiary/aromatic N) is 3. The van der Waals surface area contributed by atoms with E-state index >= 15 is 0 Å². The van der Waals surface area contributed by atoms with Crippen LogP contribution < -0.4 is 5.69 Å². The van der Waals surface area contributed by atoms with E-state index < -0.39 is 17.7 Å². The number of rotatable bonds is 3. The van der Waals surface area contributed by atoms with Gasteiger partial charge in [-0.3, -0.25) is 9.55 Å². The molecule has 2 N–H and O–H groups in total. The van der Waals surface area contributed by atoms with Crippen LogP contribution in [0.15, 0.2) is 15.6 Å². The van der Waals surface area contributed by atoms with Crippen molar-refractivity contribution in [1.29, 1.82) is 0 Å². The lowest BCUT2D eigenvalue weighted by molar-refractivity contribution is -0.141. The molecule has 17 heavy (non-hydrogen) atoms. The second kappa shape index (κ2) is 4.28. The molecule has 0 saturated heterocycles. The van der Waals surface area contributed by atoms with Crippen molar-refractivity contribution in [3.05, 3.63) is 21.3 Å². The third kappa shape index (κ3) is 1.95. The van der Waals surface area contributed by atoms with E-state index in [1.165, 1.54) is 6.20 Å². The number of hydrogen-bond acceptors (Lipinski definition) is 4. The topological polar surface area (TPSA) is 101 Å². The number of carbonyl (C=O) groups is 1. The fourth-order valence-corrected chi connectivity index (χ4v) is 1.90. The van der Waals surface area contributed by atoms with Gasteiger partial charge < -0.3 is 5.11 Å². The molecule has 1 atom stereocenters. The van der Waals surface area contributed by atoms with Gasteiger partial charge in [0, 0.05) is 0 Å². The number of carboxylic acids is 1. The summed E-state index contributed by atoms with van der Waals surface area (Å²) in [5.74, 6) is -1.07. The number of imidazole rings is 1. The average molecular weight is 301 g/mol. The lowest BCUT2D eigenvalue weighted by atomic mass is 10.2. The van der Waals surface area contributed by atoms with Gasteiger partial charge in [0.05, 0.1) is 6.20 Å². The predicted octanol–water partition coefficient (Wildman–Crippen LogP) is 0.918. The van der Waals surface area contributed by atoms with Crippen LogP contribution >= 0.6 is 15.9 Å². The first-order valence-electron chi connectivity index (χ1n) is 4.90. The first-order chi connectivity index (χ1) is 8.04. The SMILES string of the molecule is CCC(C(=O)O)n1c(=O)[nH]c2ncc(Br)nc21. The van der Waals surface area contributed by atoms with E-state index in [1.807, 2.05) is 0 Å². The number of H-pyrrole nitrogens is 1. The first kappa shape index (κ1) is 11.8. The Hall–Kier alpha value is -1.70. The summed E-state index contributed by atoms with van der Waals surface area (Å²) in [4.78, 5) is 33.3. The molecular formula is C9H9BrN4O3. The van der Waals surface area contributed by atoms with Crippen LogP contribution in [-0.2, 0) is 4.79 Å². The monoisotopic (exact) mass is 300 g/mol. The van der Waals surface area contributed by atoms with Crippen LogP contribution in [0.3, 0.4) is 0 Å². The van der Waals surface area contributed by atoms with Crippen LogP contribution in [0.25, 0.3) is 11.3 Å². The van der Waals surface area contributed by atoms with Crippen LogP contribution in [0, 0.1) is 0 Å². The van der Waals surface area contributed by atoms with Crippen molar-refractivity contribution < 1.29 is 9.90 Å². The molecule has 2 heterocycles. The highest BCUT2D eigenvalue weighted by atomic mass is 79.9. The molecule has 2 aromatic heterocycles. The third-order valence-electron chi connectivity index (χ3n) is 2.38. The smallest absolute Gasteiger partial charge is 0.329 e. The second-order valence-corrected chi connectivity index (χ2v) is 4.24. The Kier molecular flexibility index (Phi) is 2.97. The summed E-state index contributed by atoms with van der Waals surface area (Å²) in [7, 11) is 0. The molecular weight excluding hydrogens is 292 g/mol. The number of nitrogens with one attached hydrogen (secondary N) is 1. The molecule has 90 valence electrons. The largest absolute Gasteiger partial charge is 0.480 e. The number of fused-ring (bicyclic) bond motifs is 1. The van der Waals surface area contributed by atoms with E-state index in [1.54, 1.807) is 6.92 Å². The molecule has 0 fully saturated rings. The summed E-state index contributed by atoms with van der Waals surface area (Å²) >= 11 is 3.13. The van der Waals surface area contributed by atoms with E-state index in [4.69, 9.17) is 5.11 Å². The normalized spacial score (nSPS) is 12.8. The molecule has 0 aliphatic rings. The second-order valence-electron chi connectivity index (χ2n) is 3.43. The van der Waals surface area contributed by atoms with Gasteiger partial charge in [0.2, 0.25) is 0 Å².